The summed E-state index contributed by atoms with van der Waals surface area (Å²) in [7, 11) is 0. The molecule has 0 spiro atoms. The quantitative estimate of drug-likeness (QED) is 0.605. The summed E-state index contributed by atoms with van der Waals surface area (Å²) in [5, 5.41) is 5.15. The van der Waals surface area contributed by atoms with Gasteiger partial charge in [0.15, 0.2) is 0 Å². The van der Waals surface area contributed by atoms with Gasteiger partial charge in [0.05, 0.1) is 5.69 Å². The lowest BCUT2D eigenvalue weighted by atomic mass is 10.2. The van der Waals surface area contributed by atoms with Crippen LogP contribution >= 0.6 is 27.5 Å². The Bertz CT molecular complexity index is 952. The third-order valence-electron chi connectivity index (χ3n) is 4.64. The largest absolute Gasteiger partial charge is 0.368 e. The van der Waals surface area contributed by atoms with Gasteiger partial charge in [-0.3, -0.25) is 4.79 Å². The summed E-state index contributed by atoms with van der Waals surface area (Å²) in [6.07, 6.45) is 0. The summed E-state index contributed by atoms with van der Waals surface area (Å²) in [5.41, 5.74) is 2.51. The molecule has 27 heavy (non-hydrogen) atoms. The molecule has 0 bridgehead atoms. The third kappa shape index (κ3) is 3.87. The highest BCUT2D eigenvalue weighted by Crippen LogP contribution is 2.22. The van der Waals surface area contributed by atoms with Gasteiger partial charge >= 0.3 is 0 Å². The predicted octanol–water partition coefficient (Wildman–Crippen LogP) is 4.25. The molecule has 1 aliphatic rings. The summed E-state index contributed by atoms with van der Waals surface area (Å²) in [5.74, 6) is -0.0113. The SMILES string of the molecule is O=C(c1cc(Br)nn1-c1ccccc1)N1CCN(c2cccc(Cl)c2)CC1. The van der Waals surface area contributed by atoms with Crippen LogP contribution < -0.4 is 4.90 Å². The number of para-hydroxylation sites is 1. The van der Waals surface area contributed by atoms with Crippen molar-refractivity contribution in [2.75, 3.05) is 31.1 Å². The Hall–Kier alpha value is -2.31. The fourth-order valence-corrected chi connectivity index (χ4v) is 3.83. The monoisotopic (exact) mass is 444 g/mol. The number of amides is 1. The molecule has 0 aliphatic carbocycles. The number of hydrogen-bond acceptors (Lipinski definition) is 3. The number of piperazine rings is 1. The highest BCUT2D eigenvalue weighted by Gasteiger charge is 2.26. The van der Waals surface area contributed by atoms with Crippen LogP contribution in [-0.2, 0) is 0 Å². The van der Waals surface area contributed by atoms with Crippen LogP contribution in [0.15, 0.2) is 65.3 Å². The Kier molecular flexibility index (Phi) is 5.18. The highest BCUT2D eigenvalue weighted by molar-refractivity contribution is 9.10. The molecular formula is C20H18BrClN4O. The summed E-state index contributed by atoms with van der Waals surface area (Å²) < 4.78 is 2.34. The van der Waals surface area contributed by atoms with Gasteiger partial charge in [-0.25, -0.2) is 4.68 Å². The molecule has 1 saturated heterocycles. The van der Waals surface area contributed by atoms with E-state index in [0.29, 0.717) is 23.4 Å². The van der Waals surface area contributed by atoms with Crippen molar-refractivity contribution in [1.82, 2.24) is 14.7 Å². The number of halogens is 2. The predicted molar refractivity (Wildman–Crippen MR) is 111 cm³/mol. The Morgan fingerprint density at radius 2 is 1.63 bits per heavy atom. The molecule has 5 nitrogen and oxygen atoms in total. The first-order valence-corrected chi connectivity index (χ1v) is 9.90. The van der Waals surface area contributed by atoms with Gasteiger partial charge in [-0.1, -0.05) is 35.9 Å². The van der Waals surface area contributed by atoms with Crippen molar-refractivity contribution < 1.29 is 4.79 Å². The maximum absolute atomic E-state index is 13.1. The maximum Gasteiger partial charge on any atom is 0.272 e. The molecule has 0 atom stereocenters. The van der Waals surface area contributed by atoms with Crippen molar-refractivity contribution in [1.29, 1.82) is 0 Å². The summed E-state index contributed by atoms with van der Waals surface area (Å²) >= 11 is 9.49. The van der Waals surface area contributed by atoms with E-state index in [0.717, 1.165) is 29.5 Å². The fourth-order valence-electron chi connectivity index (χ4n) is 3.27. The van der Waals surface area contributed by atoms with E-state index in [2.05, 4.69) is 25.9 Å². The average Bonchev–Trinajstić information content (AvgIpc) is 3.10. The molecule has 0 N–H and O–H groups in total. The Balaban J connectivity index is 1.51. The van der Waals surface area contributed by atoms with Gasteiger partial charge in [0, 0.05) is 43.0 Å². The molecule has 2 heterocycles. The maximum atomic E-state index is 13.1. The van der Waals surface area contributed by atoms with Crippen molar-refractivity contribution in [3.05, 3.63) is 76.0 Å². The average molecular weight is 446 g/mol. The molecule has 138 valence electrons. The smallest absolute Gasteiger partial charge is 0.272 e. The van der Waals surface area contributed by atoms with E-state index in [1.165, 1.54) is 0 Å². The molecule has 1 fully saturated rings. The Morgan fingerprint density at radius 1 is 0.926 bits per heavy atom. The zero-order valence-electron chi connectivity index (χ0n) is 14.6. The third-order valence-corrected chi connectivity index (χ3v) is 5.26. The number of carbonyl (C=O) groups is 1. The molecule has 0 radical (unpaired) electrons. The van der Waals surface area contributed by atoms with Gasteiger partial charge in [-0.05, 0) is 46.3 Å². The number of aromatic nitrogens is 2. The molecule has 0 unspecified atom stereocenters. The molecule has 2 aromatic carbocycles. The van der Waals surface area contributed by atoms with Crippen LogP contribution in [0.4, 0.5) is 5.69 Å². The molecule has 7 heteroatoms. The van der Waals surface area contributed by atoms with Crippen LogP contribution in [0.2, 0.25) is 5.02 Å². The minimum Gasteiger partial charge on any atom is -0.368 e. The van der Waals surface area contributed by atoms with Crippen LogP contribution in [0.3, 0.4) is 0 Å². The second kappa shape index (κ2) is 7.74. The first-order chi connectivity index (χ1) is 13.1. The molecular weight excluding hydrogens is 428 g/mol. The minimum atomic E-state index is -0.0113. The molecule has 3 aromatic rings. The normalized spacial score (nSPS) is 14.4. The van der Waals surface area contributed by atoms with Gasteiger partial charge in [0.25, 0.3) is 5.91 Å². The Morgan fingerprint density at radius 3 is 2.33 bits per heavy atom. The minimum absolute atomic E-state index is 0.0113. The van der Waals surface area contributed by atoms with Gasteiger partial charge in [-0.2, -0.15) is 5.10 Å². The standard InChI is InChI=1S/C20H18BrClN4O/c21-19-14-18(26(23-19)16-6-2-1-3-7-16)20(27)25-11-9-24(10-12-25)17-8-4-5-15(22)13-17/h1-8,13-14H,9-12H2. The van der Waals surface area contributed by atoms with Crippen molar-refractivity contribution in [3.8, 4) is 5.69 Å². The van der Waals surface area contributed by atoms with Gasteiger partial charge < -0.3 is 9.80 Å². The van der Waals surface area contributed by atoms with Crippen molar-refractivity contribution >= 4 is 39.1 Å². The number of nitrogens with zero attached hydrogens (tertiary/aromatic N) is 4. The second-order valence-corrected chi connectivity index (χ2v) is 7.61. The van der Waals surface area contributed by atoms with Crippen molar-refractivity contribution in [3.63, 3.8) is 0 Å². The summed E-state index contributed by atoms with van der Waals surface area (Å²) in [6.45, 7) is 2.85. The van der Waals surface area contributed by atoms with E-state index in [4.69, 9.17) is 11.6 Å². The van der Waals surface area contributed by atoms with Crippen LogP contribution in [-0.4, -0.2) is 46.8 Å². The molecule has 0 saturated carbocycles. The van der Waals surface area contributed by atoms with Gasteiger partial charge in [0.2, 0.25) is 0 Å². The molecule has 4 rings (SSSR count). The van der Waals surface area contributed by atoms with Crippen LogP contribution in [0, 0.1) is 0 Å². The van der Waals surface area contributed by atoms with E-state index in [9.17, 15) is 4.79 Å². The topological polar surface area (TPSA) is 41.4 Å². The fraction of sp³-hybridized carbons (Fsp3) is 0.200. The van der Waals surface area contributed by atoms with E-state index in [1.54, 1.807) is 10.7 Å². The molecule has 1 aromatic heterocycles. The second-order valence-electron chi connectivity index (χ2n) is 6.36. The van der Waals surface area contributed by atoms with Crippen LogP contribution in [0.5, 0.6) is 0 Å². The van der Waals surface area contributed by atoms with E-state index < -0.39 is 0 Å². The van der Waals surface area contributed by atoms with E-state index >= 15 is 0 Å². The van der Waals surface area contributed by atoms with Crippen molar-refractivity contribution in [2.24, 2.45) is 0 Å². The lowest BCUT2D eigenvalue weighted by Crippen LogP contribution is -2.49. The molecule has 1 amide bonds. The van der Waals surface area contributed by atoms with Crippen LogP contribution in [0.25, 0.3) is 5.69 Å². The van der Waals surface area contributed by atoms with Crippen molar-refractivity contribution in [2.45, 2.75) is 0 Å². The summed E-state index contributed by atoms with van der Waals surface area (Å²) in [6, 6.07) is 19.3. The Labute approximate surface area is 171 Å². The molecule has 1 aliphatic heterocycles. The zero-order valence-corrected chi connectivity index (χ0v) is 16.9. The first kappa shape index (κ1) is 18.1. The number of rotatable bonds is 3. The van der Waals surface area contributed by atoms with Crippen LogP contribution in [0.1, 0.15) is 10.5 Å². The number of carbonyl (C=O) groups excluding carboxylic acids is 1. The number of anilines is 1. The highest BCUT2D eigenvalue weighted by atomic mass is 79.9. The van der Waals surface area contributed by atoms with Gasteiger partial charge in [-0.15, -0.1) is 0 Å². The van der Waals surface area contributed by atoms with E-state index in [-0.39, 0.29) is 5.91 Å². The first-order valence-electron chi connectivity index (χ1n) is 8.72. The zero-order chi connectivity index (χ0) is 18.8. The number of benzene rings is 2. The lowest BCUT2D eigenvalue weighted by Gasteiger charge is -2.36. The van der Waals surface area contributed by atoms with Gasteiger partial charge in [0.1, 0.15) is 10.3 Å². The summed E-state index contributed by atoms with van der Waals surface area (Å²) in [4.78, 5) is 17.2. The number of hydrogen-bond donors (Lipinski definition) is 0. The van der Waals surface area contributed by atoms with E-state index in [1.807, 2.05) is 59.5 Å². The lowest BCUT2D eigenvalue weighted by molar-refractivity contribution is 0.0737.